The zero-order valence-electron chi connectivity index (χ0n) is 14.5. The van der Waals surface area contributed by atoms with Gasteiger partial charge in [0.05, 0.1) is 11.5 Å². The maximum absolute atomic E-state index is 12.3. The summed E-state index contributed by atoms with van der Waals surface area (Å²) in [7, 11) is 0. The van der Waals surface area contributed by atoms with E-state index in [0.717, 1.165) is 6.07 Å². The Labute approximate surface area is 164 Å². The zero-order chi connectivity index (χ0) is 20.7. The van der Waals surface area contributed by atoms with Crippen molar-refractivity contribution in [1.29, 1.82) is 5.26 Å². The van der Waals surface area contributed by atoms with E-state index in [9.17, 15) is 19.7 Å². The number of esters is 2. The summed E-state index contributed by atoms with van der Waals surface area (Å²) in [6.45, 7) is 1.73. The fourth-order valence-corrected chi connectivity index (χ4v) is 2.34. The van der Waals surface area contributed by atoms with Crippen LogP contribution in [0.25, 0.3) is 6.08 Å². The first kappa shape index (κ1) is 20.6. The summed E-state index contributed by atoms with van der Waals surface area (Å²) in [6.07, 6.45) is 1.28. The molecule has 0 aliphatic carbocycles. The Balaban J connectivity index is 2.29. The number of nitrogens with zero attached hydrogens (tertiary/aromatic N) is 2. The SMILES string of the molecule is CCOC(=O)/C(C#N)=C/c1cccc(OC(=O)c2ccc(Cl)cc2[N+](=O)[O-])c1. The van der Waals surface area contributed by atoms with Crippen molar-refractivity contribution in [2.45, 2.75) is 6.92 Å². The Morgan fingerprint density at radius 3 is 2.68 bits per heavy atom. The third-order valence-electron chi connectivity index (χ3n) is 3.37. The molecule has 0 spiro atoms. The minimum atomic E-state index is -0.949. The Morgan fingerprint density at radius 1 is 1.29 bits per heavy atom. The number of carbonyl (C=O) groups is 2. The maximum atomic E-state index is 12.3. The molecule has 142 valence electrons. The van der Waals surface area contributed by atoms with Gasteiger partial charge in [-0.05, 0) is 42.8 Å². The van der Waals surface area contributed by atoms with E-state index in [-0.39, 0.29) is 28.5 Å². The maximum Gasteiger partial charge on any atom is 0.350 e. The molecule has 2 aromatic carbocycles. The van der Waals surface area contributed by atoms with E-state index in [1.165, 1.54) is 36.4 Å². The standard InChI is InChI=1S/C19H13ClN2O6/c1-2-27-18(23)13(11-21)8-12-4-3-5-15(9-12)28-19(24)16-7-6-14(20)10-17(16)22(25)26/h3-10H,2H2,1H3/b13-8+. The van der Waals surface area contributed by atoms with Gasteiger partial charge >= 0.3 is 11.9 Å². The molecule has 28 heavy (non-hydrogen) atoms. The van der Waals surface area contributed by atoms with Crippen LogP contribution in [0.15, 0.2) is 48.0 Å². The molecule has 0 heterocycles. The van der Waals surface area contributed by atoms with Crippen LogP contribution < -0.4 is 4.74 Å². The molecule has 2 rings (SSSR count). The van der Waals surface area contributed by atoms with Gasteiger partial charge in [-0.15, -0.1) is 0 Å². The molecule has 0 amide bonds. The number of nitro benzene ring substituents is 1. The molecule has 9 heteroatoms. The molecule has 0 N–H and O–H groups in total. The molecule has 0 aromatic heterocycles. The summed E-state index contributed by atoms with van der Waals surface area (Å²) in [6, 6.07) is 11.3. The molecule has 0 aliphatic rings. The normalized spacial score (nSPS) is 10.7. The second-order valence-electron chi connectivity index (χ2n) is 5.27. The second kappa shape index (κ2) is 9.30. The predicted octanol–water partition coefficient (Wildman–Crippen LogP) is 3.94. The molecule has 0 aliphatic heterocycles. The largest absolute Gasteiger partial charge is 0.462 e. The van der Waals surface area contributed by atoms with Gasteiger partial charge in [-0.2, -0.15) is 5.26 Å². The average molecular weight is 401 g/mol. The van der Waals surface area contributed by atoms with Crippen LogP contribution >= 0.6 is 11.6 Å². The fraction of sp³-hybridized carbons (Fsp3) is 0.105. The highest BCUT2D eigenvalue weighted by Gasteiger charge is 2.22. The van der Waals surface area contributed by atoms with Crippen LogP contribution in [-0.2, 0) is 9.53 Å². The molecule has 2 aromatic rings. The highest BCUT2D eigenvalue weighted by atomic mass is 35.5. The monoisotopic (exact) mass is 400 g/mol. The van der Waals surface area contributed by atoms with Crippen molar-refractivity contribution in [3.8, 4) is 11.8 Å². The van der Waals surface area contributed by atoms with Crippen LogP contribution in [0, 0.1) is 21.4 Å². The predicted molar refractivity (Wildman–Crippen MR) is 99.7 cm³/mol. The van der Waals surface area contributed by atoms with Crippen molar-refractivity contribution in [3.05, 3.63) is 74.3 Å². The van der Waals surface area contributed by atoms with Crippen LogP contribution in [0.3, 0.4) is 0 Å². The number of carbonyl (C=O) groups excluding carboxylic acids is 2. The molecule has 0 radical (unpaired) electrons. The molecular weight excluding hydrogens is 388 g/mol. The summed E-state index contributed by atoms with van der Waals surface area (Å²) in [5.41, 5.74) is -0.568. The number of hydrogen-bond acceptors (Lipinski definition) is 7. The first-order chi connectivity index (χ1) is 13.3. The summed E-state index contributed by atoms with van der Waals surface area (Å²) < 4.78 is 9.96. The van der Waals surface area contributed by atoms with Crippen molar-refractivity contribution in [3.63, 3.8) is 0 Å². The van der Waals surface area contributed by atoms with Gasteiger partial charge < -0.3 is 9.47 Å². The smallest absolute Gasteiger partial charge is 0.350 e. The van der Waals surface area contributed by atoms with E-state index in [1.807, 2.05) is 0 Å². The Bertz CT molecular complexity index is 1010. The van der Waals surface area contributed by atoms with E-state index in [0.29, 0.717) is 5.56 Å². The number of ether oxygens (including phenoxy) is 2. The highest BCUT2D eigenvalue weighted by Crippen LogP contribution is 2.25. The topological polar surface area (TPSA) is 120 Å². The van der Waals surface area contributed by atoms with Crippen LogP contribution in [0.5, 0.6) is 5.75 Å². The summed E-state index contributed by atoms with van der Waals surface area (Å²) >= 11 is 5.73. The molecule has 0 saturated carbocycles. The van der Waals surface area contributed by atoms with E-state index in [4.69, 9.17) is 26.3 Å². The van der Waals surface area contributed by atoms with E-state index < -0.39 is 22.5 Å². The lowest BCUT2D eigenvalue weighted by atomic mass is 10.1. The molecular formula is C19H13ClN2O6. The summed E-state index contributed by atoms with van der Waals surface area (Å²) in [4.78, 5) is 34.4. The van der Waals surface area contributed by atoms with E-state index >= 15 is 0 Å². The van der Waals surface area contributed by atoms with Crippen molar-refractivity contribution in [2.24, 2.45) is 0 Å². The minimum Gasteiger partial charge on any atom is -0.462 e. The lowest BCUT2D eigenvalue weighted by Gasteiger charge is -2.06. The van der Waals surface area contributed by atoms with Crippen molar-refractivity contribution < 1.29 is 24.0 Å². The van der Waals surface area contributed by atoms with Crippen molar-refractivity contribution >= 4 is 35.3 Å². The van der Waals surface area contributed by atoms with Gasteiger partial charge in [0.1, 0.15) is 23.0 Å². The molecule has 0 fully saturated rings. The van der Waals surface area contributed by atoms with Gasteiger partial charge in [0, 0.05) is 11.1 Å². The van der Waals surface area contributed by atoms with Crippen molar-refractivity contribution in [2.75, 3.05) is 6.61 Å². The van der Waals surface area contributed by atoms with Gasteiger partial charge in [0.25, 0.3) is 5.69 Å². The quantitative estimate of drug-likeness (QED) is 0.180. The number of nitro groups is 1. The minimum absolute atomic E-state index is 0.0733. The third-order valence-corrected chi connectivity index (χ3v) is 3.61. The fourth-order valence-electron chi connectivity index (χ4n) is 2.17. The molecule has 0 unspecified atom stereocenters. The lowest BCUT2D eigenvalue weighted by Crippen LogP contribution is -2.11. The number of halogens is 1. The number of rotatable bonds is 6. The van der Waals surface area contributed by atoms with Crippen LogP contribution in [0.2, 0.25) is 5.02 Å². The Morgan fingerprint density at radius 2 is 2.04 bits per heavy atom. The van der Waals surface area contributed by atoms with Gasteiger partial charge in [-0.1, -0.05) is 23.7 Å². The highest BCUT2D eigenvalue weighted by molar-refractivity contribution is 6.31. The number of hydrogen-bond donors (Lipinski definition) is 0. The first-order valence-electron chi connectivity index (χ1n) is 7.90. The summed E-state index contributed by atoms with van der Waals surface area (Å²) in [5.74, 6) is -1.65. The molecule has 0 atom stereocenters. The van der Waals surface area contributed by atoms with Crippen LogP contribution in [0.4, 0.5) is 5.69 Å². The number of nitriles is 1. The third kappa shape index (κ3) is 5.16. The zero-order valence-corrected chi connectivity index (χ0v) is 15.3. The Kier molecular flexibility index (Phi) is 6.84. The molecule has 0 saturated heterocycles. The Hall–Kier alpha value is -3.70. The van der Waals surface area contributed by atoms with Crippen LogP contribution in [-0.4, -0.2) is 23.5 Å². The molecule has 0 bridgehead atoms. The van der Waals surface area contributed by atoms with Gasteiger partial charge in [-0.3, -0.25) is 10.1 Å². The average Bonchev–Trinajstić information content (AvgIpc) is 2.66. The van der Waals surface area contributed by atoms with Gasteiger partial charge in [-0.25, -0.2) is 9.59 Å². The van der Waals surface area contributed by atoms with Gasteiger partial charge in [0.15, 0.2) is 0 Å². The number of benzene rings is 2. The second-order valence-corrected chi connectivity index (χ2v) is 5.71. The van der Waals surface area contributed by atoms with E-state index in [2.05, 4.69) is 0 Å². The lowest BCUT2D eigenvalue weighted by molar-refractivity contribution is -0.385. The van der Waals surface area contributed by atoms with E-state index in [1.54, 1.807) is 19.1 Å². The summed E-state index contributed by atoms with van der Waals surface area (Å²) in [5, 5.41) is 20.3. The first-order valence-corrected chi connectivity index (χ1v) is 8.28. The van der Waals surface area contributed by atoms with Crippen molar-refractivity contribution in [1.82, 2.24) is 0 Å². The van der Waals surface area contributed by atoms with Gasteiger partial charge in [0.2, 0.25) is 0 Å². The van der Waals surface area contributed by atoms with Crippen LogP contribution in [0.1, 0.15) is 22.8 Å². The molecule has 8 nitrogen and oxygen atoms in total.